The second kappa shape index (κ2) is 5.05. The van der Waals surface area contributed by atoms with Gasteiger partial charge < -0.3 is 11.1 Å². The van der Waals surface area contributed by atoms with Gasteiger partial charge in [-0.3, -0.25) is 0 Å². The predicted octanol–water partition coefficient (Wildman–Crippen LogP) is 3.28. The topological polar surface area (TPSA) is 55.1 Å². The standard InChI is InChI=1S/C14H17ClN2O/c1-14(7-8-18)6-2-3-13(14)17-12-5-4-10(16)9-11(12)15/h4-5,7,9,13,17H,2-3,6,16H2,1H3. The normalized spacial score (nSPS) is 26.7. The molecular weight excluding hydrogens is 248 g/mol. The second-order valence-electron chi connectivity index (χ2n) is 5.10. The van der Waals surface area contributed by atoms with Gasteiger partial charge in [0.1, 0.15) is 5.94 Å². The van der Waals surface area contributed by atoms with E-state index in [1.165, 1.54) is 0 Å². The van der Waals surface area contributed by atoms with Crippen molar-refractivity contribution < 1.29 is 4.79 Å². The van der Waals surface area contributed by atoms with Crippen LogP contribution in [-0.2, 0) is 4.79 Å². The third-order valence-corrected chi connectivity index (χ3v) is 4.03. The molecule has 4 heteroatoms. The number of carbonyl (C=O) groups excluding carboxylic acids is 1. The van der Waals surface area contributed by atoms with Gasteiger partial charge in [0.25, 0.3) is 0 Å². The lowest BCUT2D eigenvalue weighted by molar-refractivity contribution is 0.408. The highest BCUT2D eigenvalue weighted by Gasteiger charge is 2.37. The van der Waals surface area contributed by atoms with Crippen LogP contribution in [0.3, 0.4) is 0 Å². The minimum absolute atomic E-state index is 0.146. The number of halogens is 1. The van der Waals surface area contributed by atoms with E-state index < -0.39 is 0 Å². The van der Waals surface area contributed by atoms with Crippen LogP contribution in [0.15, 0.2) is 24.3 Å². The zero-order valence-electron chi connectivity index (χ0n) is 10.4. The number of benzene rings is 1. The summed E-state index contributed by atoms with van der Waals surface area (Å²) in [5.74, 6) is 1.92. The van der Waals surface area contributed by atoms with E-state index in [0.717, 1.165) is 24.9 Å². The van der Waals surface area contributed by atoms with E-state index in [9.17, 15) is 4.79 Å². The maximum atomic E-state index is 10.6. The Kier molecular flexibility index (Phi) is 3.65. The third-order valence-electron chi connectivity index (χ3n) is 3.72. The molecule has 2 unspecified atom stereocenters. The number of nitrogens with one attached hydrogen (secondary N) is 1. The Balaban J connectivity index is 2.20. The van der Waals surface area contributed by atoms with Crippen LogP contribution in [0, 0.1) is 5.41 Å². The largest absolute Gasteiger partial charge is 0.399 e. The Bertz CT molecular complexity index is 497. The number of nitrogens with two attached hydrogens (primary N) is 1. The molecule has 3 N–H and O–H groups in total. The Morgan fingerprint density at radius 2 is 2.39 bits per heavy atom. The molecule has 2 rings (SSSR count). The molecule has 0 saturated heterocycles. The van der Waals surface area contributed by atoms with E-state index in [2.05, 4.69) is 12.2 Å². The molecule has 1 aromatic rings. The Labute approximate surface area is 112 Å². The summed E-state index contributed by atoms with van der Waals surface area (Å²) in [7, 11) is 0. The van der Waals surface area contributed by atoms with Crippen LogP contribution < -0.4 is 11.1 Å². The van der Waals surface area contributed by atoms with Crippen LogP contribution in [0.4, 0.5) is 11.4 Å². The molecule has 0 aromatic heterocycles. The van der Waals surface area contributed by atoms with Crippen LogP contribution in [0.1, 0.15) is 26.2 Å². The summed E-state index contributed by atoms with van der Waals surface area (Å²) in [6.45, 7) is 2.08. The van der Waals surface area contributed by atoms with Crippen molar-refractivity contribution >= 4 is 28.9 Å². The van der Waals surface area contributed by atoms with E-state index in [4.69, 9.17) is 17.3 Å². The zero-order chi connectivity index (χ0) is 13.2. The van der Waals surface area contributed by atoms with Crippen molar-refractivity contribution in [3.05, 3.63) is 29.3 Å². The van der Waals surface area contributed by atoms with Crippen molar-refractivity contribution in [2.45, 2.75) is 32.2 Å². The molecule has 1 saturated carbocycles. The molecule has 2 atom stereocenters. The maximum absolute atomic E-state index is 10.6. The highest BCUT2D eigenvalue weighted by atomic mass is 35.5. The van der Waals surface area contributed by atoms with E-state index in [0.29, 0.717) is 10.7 Å². The molecular formula is C14H17ClN2O. The van der Waals surface area contributed by atoms with Gasteiger partial charge in [0, 0.05) is 23.2 Å². The summed E-state index contributed by atoms with van der Waals surface area (Å²) in [6.07, 6.45) is 4.74. The molecule has 0 bridgehead atoms. The first-order chi connectivity index (χ1) is 8.55. The second-order valence-corrected chi connectivity index (χ2v) is 5.50. The van der Waals surface area contributed by atoms with E-state index in [1.54, 1.807) is 12.1 Å². The van der Waals surface area contributed by atoms with Crippen molar-refractivity contribution in [1.82, 2.24) is 0 Å². The predicted molar refractivity (Wildman–Crippen MR) is 75.5 cm³/mol. The summed E-state index contributed by atoms with van der Waals surface area (Å²) in [4.78, 5) is 10.6. The smallest absolute Gasteiger partial charge is 0.120 e. The molecule has 0 aliphatic heterocycles. The zero-order valence-corrected chi connectivity index (χ0v) is 11.1. The Morgan fingerprint density at radius 1 is 1.61 bits per heavy atom. The van der Waals surface area contributed by atoms with Gasteiger partial charge >= 0.3 is 0 Å². The molecule has 1 aliphatic carbocycles. The molecule has 96 valence electrons. The lowest BCUT2D eigenvalue weighted by Crippen LogP contribution is -2.32. The van der Waals surface area contributed by atoms with E-state index in [1.807, 2.05) is 18.1 Å². The molecule has 1 aromatic carbocycles. The quantitative estimate of drug-likeness (QED) is 0.651. The number of nitrogen functional groups attached to an aromatic ring is 1. The average molecular weight is 265 g/mol. The fraction of sp³-hybridized carbons (Fsp3) is 0.429. The SMILES string of the molecule is CC1(C=C=O)CCCC1Nc1ccc(N)cc1Cl. The highest BCUT2D eigenvalue weighted by molar-refractivity contribution is 6.33. The first-order valence-electron chi connectivity index (χ1n) is 6.09. The van der Waals surface area contributed by atoms with Crippen molar-refractivity contribution in [3.8, 4) is 0 Å². The summed E-state index contributed by atoms with van der Waals surface area (Å²) in [5, 5.41) is 4.02. The lowest BCUT2D eigenvalue weighted by Gasteiger charge is -2.29. The van der Waals surface area contributed by atoms with Gasteiger partial charge in [-0.15, -0.1) is 0 Å². The fourth-order valence-electron chi connectivity index (χ4n) is 2.57. The molecule has 0 radical (unpaired) electrons. The summed E-state index contributed by atoms with van der Waals surface area (Å²) in [5.41, 5.74) is 7.03. The summed E-state index contributed by atoms with van der Waals surface area (Å²) >= 11 is 6.15. The highest BCUT2D eigenvalue weighted by Crippen LogP contribution is 2.41. The van der Waals surface area contributed by atoms with Crippen molar-refractivity contribution in [2.24, 2.45) is 5.41 Å². The van der Waals surface area contributed by atoms with Gasteiger partial charge in [0.2, 0.25) is 0 Å². The van der Waals surface area contributed by atoms with Gasteiger partial charge in [0.05, 0.1) is 10.7 Å². The molecule has 1 fully saturated rings. The van der Waals surface area contributed by atoms with Crippen LogP contribution in [-0.4, -0.2) is 12.0 Å². The Morgan fingerprint density at radius 3 is 3.06 bits per heavy atom. The van der Waals surface area contributed by atoms with Crippen LogP contribution in [0.5, 0.6) is 0 Å². The average Bonchev–Trinajstić information content (AvgIpc) is 2.65. The van der Waals surface area contributed by atoms with Crippen LogP contribution in [0.2, 0.25) is 5.02 Å². The van der Waals surface area contributed by atoms with Gasteiger partial charge in [-0.05, 0) is 31.0 Å². The Hall–Kier alpha value is -1.44. The number of hydrogen-bond donors (Lipinski definition) is 2. The number of hydrogen-bond acceptors (Lipinski definition) is 3. The monoisotopic (exact) mass is 264 g/mol. The van der Waals surface area contributed by atoms with Crippen molar-refractivity contribution in [3.63, 3.8) is 0 Å². The van der Waals surface area contributed by atoms with Gasteiger partial charge in [-0.2, -0.15) is 0 Å². The fourth-order valence-corrected chi connectivity index (χ4v) is 2.82. The maximum Gasteiger partial charge on any atom is 0.120 e. The van der Waals surface area contributed by atoms with Crippen LogP contribution in [0.25, 0.3) is 0 Å². The third kappa shape index (κ3) is 2.53. The molecule has 18 heavy (non-hydrogen) atoms. The van der Waals surface area contributed by atoms with E-state index in [-0.39, 0.29) is 11.5 Å². The lowest BCUT2D eigenvalue weighted by atomic mass is 9.85. The van der Waals surface area contributed by atoms with Gasteiger partial charge in [-0.1, -0.05) is 24.9 Å². The molecule has 1 aliphatic rings. The number of rotatable bonds is 3. The first kappa shape index (κ1) is 13.0. The number of anilines is 2. The summed E-state index contributed by atoms with van der Waals surface area (Å²) < 4.78 is 0. The molecule has 0 spiro atoms. The minimum atomic E-state index is -0.146. The molecule has 0 heterocycles. The minimum Gasteiger partial charge on any atom is -0.399 e. The molecule has 0 amide bonds. The molecule has 3 nitrogen and oxygen atoms in total. The first-order valence-corrected chi connectivity index (χ1v) is 6.46. The van der Waals surface area contributed by atoms with Crippen molar-refractivity contribution in [1.29, 1.82) is 0 Å². The summed E-state index contributed by atoms with van der Waals surface area (Å²) in [6, 6.07) is 5.63. The van der Waals surface area contributed by atoms with Crippen LogP contribution >= 0.6 is 11.6 Å². The van der Waals surface area contributed by atoms with Gasteiger partial charge in [0.15, 0.2) is 0 Å². The van der Waals surface area contributed by atoms with E-state index >= 15 is 0 Å². The van der Waals surface area contributed by atoms with Gasteiger partial charge in [-0.25, -0.2) is 4.79 Å². The van der Waals surface area contributed by atoms with Crippen molar-refractivity contribution in [2.75, 3.05) is 11.1 Å².